The van der Waals surface area contributed by atoms with Gasteiger partial charge in [-0.05, 0) is 11.1 Å². The number of nitrogens with one attached hydrogen (secondary N) is 4. The highest BCUT2D eigenvalue weighted by atomic mass is 16.5. The number of amides is 4. The van der Waals surface area contributed by atoms with Crippen molar-refractivity contribution in [3.05, 3.63) is 83.9 Å². The molecule has 2 aromatic carbocycles. The third-order valence-electron chi connectivity index (χ3n) is 3.84. The van der Waals surface area contributed by atoms with Gasteiger partial charge in [0.15, 0.2) is 13.5 Å². The van der Waals surface area contributed by atoms with Crippen LogP contribution < -0.4 is 21.3 Å². The van der Waals surface area contributed by atoms with Crippen molar-refractivity contribution in [2.24, 2.45) is 0 Å². The van der Waals surface area contributed by atoms with Crippen LogP contribution >= 0.6 is 0 Å². The molecule has 0 aromatic heterocycles. The fourth-order valence-corrected chi connectivity index (χ4v) is 2.26. The summed E-state index contributed by atoms with van der Waals surface area (Å²) in [7, 11) is 0. The lowest BCUT2D eigenvalue weighted by atomic mass is 10.2. The molecule has 0 radical (unpaired) electrons. The van der Waals surface area contributed by atoms with Gasteiger partial charge >= 0.3 is 24.0 Å². The molecule has 0 atom stereocenters. The maximum atomic E-state index is 11.6. The molecule has 168 valence electrons. The molecule has 0 bridgehead atoms. The van der Waals surface area contributed by atoms with Crippen LogP contribution in [-0.2, 0) is 32.2 Å². The first kappa shape index (κ1) is 23.9. The van der Waals surface area contributed by atoms with E-state index in [1.54, 1.807) is 0 Å². The molecule has 0 saturated heterocycles. The standard InChI is InChI=1S/C22H24N4O6/c27-19(31-15-25-21(29)23-13-17-7-3-1-4-8-17)11-12-20(28)32-16-26-22(30)24-14-18-9-5-2-6-10-18/h1-12H,13-16H2,(H2,23,25,29)(H2,24,26,30)/b12-11+. The van der Waals surface area contributed by atoms with Gasteiger partial charge in [0.25, 0.3) is 0 Å². The summed E-state index contributed by atoms with van der Waals surface area (Å²) in [6.45, 7) is -0.0979. The fraction of sp³-hybridized carbons (Fsp3) is 0.182. The molecule has 10 heteroatoms. The molecule has 2 aromatic rings. The molecule has 0 aliphatic heterocycles. The third-order valence-corrected chi connectivity index (χ3v) is 3.84. The molecular weight excluding hydrogens is 416 g/mol. The lowest BCUT2D eigenvalue weighted by Gasteiger charge is -2.08. The van der Waals surface area contributed by atoms with Crippen molar-refractivity contribution in [2.75, 3.05) is 13.5 Å². The highest BCUT2D eigenvalue weighted by molar-refractivity contribution is 5.91. The van der Waals surface area contributed by atoms with Gasteiger partial charge < -0.3 is 30.7 Å². The molecule has 0 spiro atoms. The van der Waals surface area contributed by atoms with Crippen LogP contribution in [0.4, 0.5) is 9.59 Å². The largest absolute Gasteiger partial charge is 0.441 e. The Kier molecular flexibility index (Phi) is 10.3. The quantitative estimate of drug-likeness (QED) is 0.252. The summed E-state index contributed by atoms with van der Waals surface area (Å²) in [4.78, 5) is 46.3. The second kappa shape index (κ2) is 13.8. The van der Waals surface area contributed by atoms with E-state index in [0.29, 0.717) is 13.1 Å². The first-order chi connectivity index (χ1) is 15.5. The minimum absolute atomic E-state index is 0.324. The van der Waals surface area contributed by atoms with Crippen molar-refractivity contribution in [3.63, 3.8) is 0 Å². The number of carbonyl (C=O) groups excluding carboxylic acids is 4. The van der Waals surface area contributed by atoms with Crippen LogP contribution in [0, 0.1) is 0 Å². The number of benzene rings is 2. The van der Waals surface area contributed by atoms with Crippen molar-refractivity contribution < 1.29 is 28.7 Å². The molecule has 0 fully saturated rings. The van der Waals surface area contributed by atoms with Gasteiger partial charge in [-0.25, -0.2) is 19.2 Å². The Balaban J connectivity index is 1.52. The Morgan fingerprint density at radius 3 is 1.34 bits per heavy atom. The monoisotopic (exact) mass is 440 g/mol. The zero-order valence-corrected chi connectivity index (χ0v) is 17.2. The van der Waals surface area contributed by atoms with Gasteiger partial charge in [0.05, 0.1) is 0 Å². The zero-order valence-electron chi connectivity index (χ0n) is 17.2. The summed E-state index contributed by atoms with van der Waals surface area (Å²) >= 11 is 0. The van der Waals surface area contributed by atoms with Crippen LogP contribution in [0.3, 0.4) is 0 Å². The smallest absolute Gasteiger partial charge is 0.332 e. The average Bonchev–Trinajstić information content (AvgIpc) is 2.81. The Bertz CT molecular complexity index is 843. The van der Waals surface area contributed by atoms with Gasteiger partial charge in [-0.3, -0.25) is 0 Å². The topological polar surface area (TPSA) is 135 Å². The van der Waals surface area contributed by atoms with Crippen molar-refractivity contribution in [2.45, 2.75) is 13.1 Å². The fourth-order valence-electron chi connectivity index (χ4n) is 2.26. The average molecular weight is 440 g/mol. The normalized spacial score (nSPS) is 10.1. The summed E-state index contributed by atoms with van der Waals surface area (Å²) in [5, 5.41) is 9.89. The molecular formula is C22H24N4O6. The Labute approximate surface area is 185 Å². The van der Waals surface area contributed by atoms with Crippen molar-refractivity contribution >= 4 is 24.0 Å². The van der Waals surface area contributed by atoms with E-state index in [-0.39, 0.29) is 13.5 Å². The Hall–Kier alpha value is -4.34. The third kappa shape index (κ3) is 10.4. The van der Waals surface area contributed by atoms with Gasteiger partial charge in [-0.15, -0.1) is 0 Å². The maximum Gasteiger partial charge on any atom is 0.332 e. The molecule has 0 aliphatic rings. The minimum atomic E-state index is -0.848. The van der Waals surface area contributed by atoms with Crippen LogP contribution in [-0.4, -0.2) is 37.5 Å². The van der Waals surface area contributed by atoms with Crippen LogP contribution in [0.1, 0.15) is 11.1 Å². The molecule has 0 aliphatic carbocycles. The SMILES string of the molecule is O=C(NCOC(=O)/C=C/C(=O)OCNC(=O)NCc1ccccc1)NCc1ccccc1. The van der Waals surface area contributed by atoms with Gasteiger partial charge in [0, 0.05) is 25.2 Å². The number of ether oxygens (including phenoxy) is 2. The van der Waals surface area contributed by atoms with Crippen molar-refractivity contribution in [1.82, 2.24) is 21.3 Å². The maximum absolute atomic E-state index is 11.6. The Morgan fingerprint density at radius 2 is 0.969 bits per heavy atom. The molecule has 4 N–H and O–H groups in total. The van der Waals surface area contributed by atoms with Crippen LogP contribution in [0.2, 0.25) is 0 Å². The van der Waals surface area contributed by atoms with E-state index < -0.39 is 24.0 Å². The van der Waals surface area contributed by atoms with E-state index >= 15 is 0 Å². The lowest BCUT2D eigenvalue weighted by Crippen LogP contribution is -2.37. The molecule has 0 heterocycles. The van der Waals surface area contributed by atoms with E-state index in [0.717, 1.165) is 23.3 Å². The number of hydrogen-bond acceptors (Lipinski definition) is 6. The van der Waals surface area contributed by atoms with Crippen molar-refractivity contribution in [1.29, 1.82) is 0 Å². The number of carbonyl (C=O) groups is 4. The molecule has 10 nitrogen and oxygen atoms in total. The van der Waals surface area contributed by atoms with Gasteiger partial charge in [-0.1, -0.05) is 60.7 Å². The van der Waals surface area contributed by atoms with E-state index in [2.05, 4.69) is 21.3 Å². The van der Waals surface area contributed by atoms with Crippen LogP contribution in [0.25, 0.3) is 0 Å². The molecule has 2 rings (SSSR count). The summed E-state index contributed by atoms with van der Waals surface area (Å²) in [5.41, 5.74) is 1.84. The summed E-state index contributed by atoms with van der Waals surface area (Å²) < 4.78 is 9.49. The Morgan fingerprint density at radius 1 is 0.594 bits per heavy atom. The summed E-state index contributed by atoms with van der Waals surface area (Å²) in [6, 6.07) is 17.6. The van der Waals surface area contributed by atoms with Crippen LogP contribution in [0.5, 0.6) is 0 Å². The van der Waals surface area contributed by atoms with E-state index in [1.165, 1.54) is 0 Å². The molecule has 32 heavy (non-hydrogen) atoms. The minimum Gasteiger partial charge on any atom is -0.441 e. The van der Waals surface area contributed by atoms with Gasteiger partial charge in [0.2, 0.25) is 0 Å². The second-order valence-electron chi connectivity index (χ2n) is 6.24. The predicted molar refractivity (Wildman–Crippen MR) is 115 cm³/mol. The van der Waals surface area contributed by atoms with Crippen molar-refractivity contribution in [3.8, 4) is 0 Å². The predicted octanol–water partition coefficient (Wildman–Crippen LogP) is 1.54. The molecule has 4 amide bonds. The number of rotatable bonds is 10. The van der Waals surface area contributed by atoms with Gasteiger partial charge in [0.1, 0.15) is 0 Å². The first-order valence-electron chi connectivity index (χ1n) is 9.66. The van der Waals surface area contributed by atoms with Gasteiger partial charge in [-0.2, -0.15) is 0 Å². The second-order valence-corrected chi connectivity index (χ2v) is 6.24. The first-order valence-corrected chi connectivity index (χ1v) is 9.66. The highest BCUT2D eigenvalue weighted by Gasteiger charge is 2.05. The number of urea groups is 2. The summed E-state index contributed by atoms with van der Waals surface area (Å²) in [6.07, 6.45) is 1.70. The van der Waals surface area contributed by atoms with E-state index in [9.17, 15) is 19.2 Å². The number of hydrogen-bond donors (Lipinski definition) is 4. The number of esters is 2. The van der Waals surface area contributed by atoms with Crippen LogP contribution in [0.15, 0.2) is 72.8 Å². The lowest BCUT2D eigenvalue weighted by molar-refractivity contribution is -0.140. The molecule has 0 unspecified atom stereocenters. The zero-order chi connectivity index (χ0) is 23.0. The summed E-state index contributed by atoms with van der Waals surface area (Å²) in [5.74, 6) is -1.70. The van der Waals surface area contributed by atoms with E-state index in [4.69, 9.17) is 9.47 Å². The van der Waals surface area contributed by atoms with E-state index in [1.807, 2.05) is 60.7 Å². The molecule has 0 saturated carbocycles. The highest BCUT2D eigenvalue weighted by Crippen LogP contribution is 1.97.